The van der Waals surface area contributed by atoms with Crippen LogP contribution in [0.25, 0.3) is 0 Å². The molecule has 0 spiro atoms. The summed E-state index contributed by atoms with van der Waals surface area (Å²) < 4.78 is 10.8. The molecule has 1 atom stereocenters. The molecule has 1 rings (SSSR count). The van der Waals surface area contributed by atoms with Crippen molar-refractivity contribution in [2.45, 2.75) is 33.1 Å². The van der Waals surface area contributed by atoms with Gasteiger partial charge in [0.2, 0.25) is 0 Å². The fraction of sp³-hybridized carbons (Fsp3) is 0.800. The van der Waals surface area contributed by atoms with Gasteiger partial charge in [0, 0.05) is 0 Å². The third kappa shape index (κ3) is 3.95. The monoisotopic (exact) mass is 218 g/mol. The predicted octanol–water partition coefficient (Wildman–Crippen LogP) is 2.55. The van der Waals surface area contributed by atoms with Gasteiger partial charge in [0.25, 0.3) is 0 Å². The molecule has 82 valence electrons. The molecule has 0 aliphatic heterocycles. The van der Waals surface area contributed by atoms with E-state index in [-0.39, 0.29) is 6.16 Å². The predicted molar refractivity (Wildman–Crippen MR) is 57.2 cm³/mol. The fourth-order valence-electron chi connectivity index (χ4n) is 1.92. The van der Waals surface area contributed by atoms with Crippen molar-refractivity contribution in [2.75, 3.05) is 6.16 Å². The summed E-state index contributed by atoms with van der Waals surface area (Å²) in [7, 11) is -3.85. The van der Waals surface area contributed by atoms with Crippen LogP contribution in [0, 0.1) is 11.8 Å². The Kier molecular flexibility index (Phi) is 3.94. The zero-order chi connectivity index (χ0) is 10.8. The Morgan fingerprint density at radius 2 is 2.21 bits per heavy atom. The second-order valence-corrected chi connectivity index (χ2v) is 6.11. The summed E-state index contributed by atoms with van der Waals surface area (Å²) in [6, 6.07) is 0. The van der Waals surface area contributed by atoms with Crippen LogP contribution in [0.3, 0.4) is 0 Å². The highest BCUT2D eigenvalue weighted by atomic mass is 31.2. The SMILES string of the molecule is CC(C)C1CC=C(CP(=O)(O)O)CC1. The van der Waals surface area contributed by atoms with E-state index < -0.39 is 7.60 Å². The Balaban J connectivity index is 2.49. The van der Waals surface area contributed by atoms with Gasteiger partial charge in [-0.05, 0) is 31.1 Å². The van der Waals surface area contributed by atoms with Crippen LogP contribution in [-0.4, -0.2) is 15.9 Å². The molecule has 0 aromatic heterocycles. The average Bonchev–Trinajstić information content (AvgIpc) is 2.02. The summed E-state index contributed by atoms with van der Waals surface area (Å²) in [6.45, 7) is 4.40. The van der Waals surface area contributed by atoms with E-state index in [0.29, 0.717) is 11.8 Å². The zero-order valence-electron chi connectivity index (χ0n) is 8.81. The van der Waals surface area contributed by atoms with E-state index in [1.54, 1.807) is 0 Å². The van der Waals surface area contributed by atoms with Gasteiger partial charge in [0.15, 0.2) is 0 Å². The summed E-state index contributed by atoms with van der Waals surface area (Å²) in [5, 5.41) is 0. The lowest BCUT2D eigenvalue weighted by Gasteiger charge is -2.25. The first kappa shape index (κ1) is 12.0. The van der Waals surface area contributed by atoms with Crippen molar-refractivity contribution >= 4 is 7.60 Å². The molecule has 2 N–H and O–H groups in total. The lowest BCUT2D eigenvalue weighted by atomic mass is 9.83. The highest BCUT2D eigenvalue weighted by Gasteiger charge is 2.21. The maximum absolute atomic E-state index is 10.8. The molecule has 0 bridgehead atoms. The fourth-order valence-corrected chi connectivity index (χ4v) is 2.74. The molecule has 0 radical (unpaired) electrons. The zero-order valence-corrected chi connectivity index (χ0v) is 9.70. The molecular formula is C10H19O3P. The second-order valence-electron chi connectivity index (χ2n) is 4.46. The van der Waals surface area contributed by atoms with Crippen molar-refractivity contribution in [1.82, 2.24) is 0 Å². The smallest absolute Gasteiger partial charge is 0.324 e. The van der Waals surface area contributed by atoms with Gasteiger partial charge in [0.1, 0.15) is 0 Å². The van der Waals surface area contributed by atoms with Crippen LogP contribution in [0.5, 0.6) is 0 Å². The molecule has 0 fully saturated rings. The van der Waals surface area contributed by atoms with Crippen LogP contribution in [0.15, 0.2) is 11.6 Å². The number of rotatable bonds is 3. The molecule has 0 amide bonds. The van der Waals surface area contributed by atoms with Crippen LogP contribution in [0.2, 0.25) is 0 Å². The Bertz CT molecular complexity index is 265. The molecule has 1 unspecified atom stereocenters. The van der Waals surface area contributed by atoms with Gasteiger partial charge in [-0.25, -0.2) is 0 Å². The first-order valence-electron chi connectivity index (χ1n) is 5.11. The molecule has 3 nitrogen and oxygen atoms in total. The van der Waals surface area contributed by atoms with E-state index in [9.17, 15) is 4.57 Å². The van der Waals surface area contributed by atoms with Gasteiger partial charge in [-0.3, -0.25) is 4.57 Å². The molecular weight excluding hydrogens is 199 g/mol. The maximum Gasteiger partial charge on any atom is 0.329 e. The van der Waals surface area contributed by atoms with Gasteiger partial charge in [-0.2, -0.15) is 0 Å². The summed E-state index contributed by atoms with van der Waals surface area (Å²) in [6.07, 6.45) is 4.88. The van der Waals surface area contributed by atoms with Gasteiger partial charge >= 0.3 is 7.60 Å². The quantitative estimate of drug-likeness (QED) is 0.565. The third-order valence-electron chi connectivity index (χ3n) is 2.90. The van der Waals surface area contributed by atoms with E-state index in [0.717, 1.165) is 24.8 Å². The van der Waals surface area contributed by atoms with Crippen molar-refractivity contribution in [1.29, 1.82) is 0 Å². The molecule has 0 heterocycles. The van der Waals surface area contributed by atoms with Crippen molar-refractivity contribution in [2.24, 2.45) is 11.8 Å². The highest BCUT2D eigenvalue weighted by molar-refractivity contribution is 7.52. The summed E-state index contributed by atoms with van der Waals surface area (Å²) >= 11 is 0. The molecule has 0 aromatic rings. The molecule has 0 saturated carbocycles. The van der Waals surface area contributed by atoms with Crippen molar-refractivity contribution < 1.29 is 14.4 Å². The number of hydrogen-bond acceptors (Lipinski definition) is 1. The van der Waals surface area contributed by atoms with Gasteiger partial charge < -0.3 is 9.79 Å². The van der Waals surface area contributed by atoms with E-state index in [1.165, 1.54) is 0 Å². The van der Waals surface area contributed by atoms with Crippen LogP contribution < -0.4 is 0 Å². The molecule has 0 aromatic carbocycles. The topological polar surface area (TPSA) is 57.5 Å². The normalized spacial score (nSPS) is 23.8. The lowest BCUT2D eigenvalue weighted by Crippen LogP contribution is -2.13. The minimum absolute atomic E-state index is 0.0438. The second kappa shape index (κ2) is 4.61. The minimum atomic E-state index is -3.85. The van der Waals surface area contributed by atoms with Crippen LogP contribution in [0.4, 0.5) is 0 Å². The van der Waals surface area contributed by atoms with Gasteiger partial charge in [0.05, 0.1) is 6.16 Å². The Hall–Kier alpha value is -0.110. The molecule has 4 heteroatoms. The van der Waals surface area contributed by atoms with Crippen molar-refractivity contribution in [3.63, 3.8) is 0 Å². The molecule has 14 heavy (non-hydrogen) atoms. The third-order valence-corrected chi connectivity index (χ3v) is 3.72. The molecule has 1 aliphatic carbocycles. The first-order valence-corrected chi connectivity index (χ1v) is 6.90. The van der Waals surface area contributed by atoms with E-state index in [2.05, 4.69) is 13.8 Å². The van der Waals surface area contributed by atoms with Crippen LogP contribution in [0.1, 0.15) is 33.1 Å². The maximum atomic E-state index is 10.8. The first-order chi connectivity index (χ1) is 6.38. The minimum Gasteiger partial charge on any atom is -0.324 e. The Morgan fingerprint density at radius 1 is 1.57 bits per heavy atom. The van der Waals surface area contributed by atoms with Crippen molar-refractivity contribution in [3.05, 3.63) is 11.6 Å². The van der Waals surface area contributed by atoms with E-state index in [1.807, 2.05) is 6.08 Å². The van der Waals surface area contributed by atoms with Crippen LogP contribution in [-0.2, 0) is 4.57 Å². The Labute approximate surface area is 85.4 Å². The van der Waals surface area contributed by atoms with Crippen LogP contribution >= 0.6 is 7.60 Å². The molecule has 1 aliphatic rings. The van der Waals surface area contributed by atoms with Gasteiger partial charge in [-0.1, -0.05) is 25.5 Å². The highest BCUT2D eigenvalue weighted by Crippen LogP contribution is 2.40. The summed E-state index contributed by atoms with van der Waals surface area (Å²) in [4.78, 5) is 17.6. The standard InChI is InChI=1S/C10H19O3P/c1-8(2)10-5-3-9(4-6-10)7-14(11,12)13/h3,8,10H,4-7H2,1-2H3,(H2,11,12,13). The van der Waals surface area contributed by atoms with Crippen molar-refractivity contribution in [3.8, 4) is 0 Å². The lowest BCUT2D eigenvalue weighted by molar-refractivity contribution is 0.346. The van der Waals surface area contributed by atoms with E-state index in [4.69, 9.17) is 9.79 Å². The van der Waals surface area contributed by atoms with Gasteiger partial charge in [-0.15, -0.1) is 0 Å². The summed E-state index contributed by atoms with van der Waals surface area (Å²) in [5.74, 6) is 1.36. The number of allylic oxidation sites excluding steroid dienone is 2. The Morgan fingerprint density at radius 3 is 2.57 bits per heavy atom. The molecule has 0 saturated heterocycles. The summed E-state index contributed by atoms with van der Waals surface area (Å²) in [5.41, 5.74) is 0.940. The largest absolute Gasteiger partial charge is 0.329 e. The average molecular weight is 218 g/mol. The number of hydrogen-bond donors (Lipinski definition) is 2. The van der Waals surface area contributed by atoms with E-state index >= 15 is 0 Å².